The Morgan fingerprint density at radius 2 is 2.08 bits per heavy atom. The molecule has 1 fully saturated rings. The molecule has 1 aliphatic rings. The molecule has 26 heavy (non-hydrogen) atoms. The van der Waals surface area contributed by atoms with Gasteiger partial charge >= 0.3 is 0 Å². The lowest BCUT2D eigenvalue weighted by Gasteiger charge is -2.35. The van der Waals surface area contributed by atoms with Crippen molar-refractivity contribution in [3.05, 3.63) is 54.5 Å². The molecular formula is C20H23N3O2S. The first-order valence-electron chi connectivity index (χ1n) is 8.82. The second-order valence-electron chi connectivity index (χ2n) is 6.38. The minimum Gasteiger partial charge on any atom is -0.465 e. The van der Waals surface area contributed by atoms with Gasteiger partial charge in [-0.2, -0.15) is 0 Å². The molecule has 6 heteroatoms. The average molecular weight is 369 g/mol. The first-order chi connectivity index (χ1) is 12.6. The monoisotopic (exact) mass is 369 g/mol. The summed E-state index contributed by atoms with van der Waals surface area (Å²) >= 11 is 5.19. The van der Waals surface area contributed by atoms with Crippen molar-refractivity contribution in [3.8, 4) is 0 Å². The zero-order valence-corrected chi connectivity index (χ0v) is 15.6. The number of piperidine rings is 1. The van der Waals surface area contributed by atoms with E-state index in [0.29, 0.717) is 11.8 Å². The largest absolute Gasteiger partial charge is 0.465 e. The van der Waals surface area contributed by atoms with Gasteiger partial charge in [-0.15, -0.1) is 0 Å². The van der Waals surface area contributed by atoms with Gasteiger partial charge < -0.3 is 14.6 Å². The Hall–Kier alpha value is -2.60. The molecule has 136 valence electrons. The highest BCUT2D eigenvalue weighted by atomic mass is 32.1. The number of rotatable bonds is 4. The smallest absolute Gasteiger partial charge is 0.250 e. The van der Waals surface area contributed by atoms with E-state index in [9.17, 15) is 4.79 Å². The first kappa shape index (κ1) is 18.2. The molecule has 3 rings (SSSR count). The number of hydrogen-bond donors (Lipinski definition) is 2. The van der Waals surface area contributed by atoms with Gasteiger partial charge in [-0.25, -0.2) is 0 Å². The molecule has 1 amide bonds. The maximum absolute atomic E-state index is 11.9. The molecule has 5 nitrogen and oxygen atoms in total. The molecule has 2 heterocycles. The number of furan rings is 1. The summed E-state index contributed by atoms with van der Waals surface area (Å²) in [5.74, 6) is 0.305. The van der Waals surface area contributed by atoms with E-state index in [-0.39, 0.29) is 11.0 Å². The van der Waals surface area contributed by atoms with Gasteiger partial charge in [-0.1, -0.05) is 0 Å². The Morgan fingerprint density at radius 1 is 1.27 bits per heavy atom. The van der Waals surface area contributed by atoms with Gasteiger partial charge in [-0.05, 0) is 80.9 Å². The summed E-state index contributed by atoms with van der Waals surface area (Å²) in [6, 6.07) is 12.2. The number of amides is 1. The van der Waals surface area contributed by atoms with Gasteiger partial charge in [0.25, 0.3) is 0 Å². The van der Waals surface area contributed by atoms with E-state index in [1.165, 1.54) is 31.0 Å². The number of anilines is 2. The third-order valence-electron chi connectivity index (χ3n) is 4.44. The van der Waals surface area contributed by atoms with Gasteiger partial charge in [0.2, 0.25) is 5.91 Å². The third kappa shape index (κ3) is 4.95. The molecule has 1 atom stereocenters. The van der Waals surface area contributed by atoms with Crippen LogP contribution >= 0.6 is 12.2 Å². The number of hydrogen-bond acceptors (Lipinski definition) is 4. The van der Waals surface area contributed by atoms with Crippen molar-refractivity contribution in [3.63, 3.8) is 0 Å². The molecular weight excluding hydrogens is 346 g/mol. The molecule has 0 radical (unpaired) electrons. The van der Waals surface area contributed by atoms with Crippen LogP contribution < -0.4 is 15.5 Å². The highest BCUT2D eigenvalue weighted by Gasteiger charge is 2.18. The van der Waals surface area contributed by atoms with Crippen molar-refractivity contribution in [2.45, 2.75) is 32.2 Å². The standard InChI is InChI=1S/C20H23N3O2S/c1-15-5-2-3-13-23(15)17-9-7-16(8-10-17)21-20(26)22-19(24)12-11-18-6-4-14-25-18/h4,6-12,14-15H,2-3,5,13H2,1H3,(H2,21,22,24,26)/b12-11+/t15-/m1/s1. The summed E-state index contributed by atoms with van der Waals surface area (Å²) < 4.78 is 5.13. The van der Waals surface area contributed by atoms with Crippen molar-refractivity contribution in [1.29, 1.82) is 0 Å². The van der Waals surface area contributed by atoms with Gasteiger partial charge in [0.05, 0.1) is 6.26 Å². The molecule has 0 spiro atoms. The van der Waals surface area contributed by atoms with Crippen molar-refractivity contribution < 1.29 is 9.21 Å². The summed E-state index contributed by atoms with van der Waals surface area (Å²) in [6.07, 6.45) is 8.31. The van der Waals surface area contributed by atoms with E-state index in [1.54, 1.807) is 24.5 Å². The number of nitrogens with one attached hydrogen (secondary N) is 2. The van der Waals surface area contributed by atoms with Crippen LogP contribution in [-0.2, 0) is 4.79 Å². The normalized spacial score (nSPS) is 17.3. The van der Waals surface area contributed by atoms with E-state index in [0.717, 1.165) is 12.2 Å². The third-order valence-corrected chi connectivity index (χ3v) is 4.64. The SMILES string of the molecule is C[C@@H]1CCCCN1c1ccc(NC(=S)NC(=O)/C=C/c2ccco2)cc1. The Kier molecular flexibility index (Phi) is 6.07. The molecule has 1 aliphatic heterocycles. The second kappa shape index (κ2) is 8.67. The van der Waals surface area contributed by atoms with Crippen LogP contribution in [0.2, 0.25) is 0 Å². The molecule has 0 unspecified atom stereocenters. The summed E-state index contributed by atoms with van der Waals surface area (Å²) in [7, 11) is 0. The molecule has 0 aliphatic carbocycles. The lowest BCUT2D eigenvalue weighted by Crippen LogP contribution is -2.37. The zero-order chi connectivity index (χ0) is 18.4. The fraction of sp³-hybridized carbons (Fsp3) is 0.300. The van der Waals surface area contributed by atoms with Gasteiger partial charge in [0, 0.05) is 30.0 Å². The van der Waals surface area contributed by atoms with E-state index in [4.69, 9.17) is 16.6 Å². The lowest BCUT2D eigenvalue weighted by molar-refractivity contribution is -0.115. The molecule has 2 aromatic rings. The number of nitrogens with zero attached hydrogens (tertiary/aromatic N) is 1. The van der Waals surface area contributed by atoms with Gasteiger partial charge in [0.15, 0.2) is 5.11 Å². The first-order valence-corrected chi connectivity index (χ1v) is 9.23. The van der Waals surface area contributed by atoms with E-state index in [2.05, 4.69) is 34.6 Å². The highest BCUT2D eigenvalue weighted by Crippen LogP contribution is 2.25. The second-order valence-corrected chi connectivity index (χ2v) is 6.79. The predicted octanol–water partition coefficient (Wildman–Crippen LogP) is 4.18. The predicted molar refractivity (Wildman–Crippen MR) is 109 cm³/mol. The summed E-state index contributed by atoms with van der Waals surface area (Å²) in [5.41, 5.74) is 2.07. The fourth-order valence-electron chi connectivity index (χ4n) is 3.08. The maximum atomic E-state index is 11.9. The zero-order valence-electron chi connectivity index (χ0n) is 14.8. The van der Waals surface area contributed by atoms with E-state index < -0.39 is 0 Å². The van der Waals surface area contributed by atoms with Crippen LogP contribution in [0, 0.1) is 0 Å². The molecule has 0 bridgehead atoms. The van der Waals surface area contributed by atoms with Crippen LogP contribution in [0.5, 0.6) is 0 Å². The quantitative estimate of drug-likeness (QED) is 0.625. The van der Waals surface area contributed by atoms with Crippen LogP contribution in [-0.4, -0.2) is 23.6 Å². The van der Waals surface area contributed by atoms with E-state index >= 15 is 0 Å². The van der Waals surface area contributed by atoms with E-state index in [1.807, 2.05) is 12.1 Å². The Balaban J connectivity index is 1.51. The molecule has 1 aromatic heterocycles. The molecule has 1 aromatic carbocycles. The molecule has 2 N–H and O–H groups in total. The summed E-state index contributed by atoms with van der Waals surface area (Å²) in [4.78, 5) is 14.3. The van der Waals surface area contributed by atoms with Crippen molar-refractivity contribution in [2.75, 3.05) is 16.8 Å². The number of thiocarbonyl (C=S) groups is 1. The van der Waals surface area contributed by atoms with Crippen molar-refractivity contribution >= 4 is 40.7 Å². The highest BCUT2D eigenvalue weighted by molar-refractivity contribution is 7.80. The Labute approximate surface area is 159 Å². The minimum absolute atomic E-state index is 0.262. The number of carbonyl (C=O) groups is 1. The minimum atomic E-state index is -0.308. The lowest BCUT2D eigenvalue weighted by atomic mass is 10.0. The fourth-order valence-corrected chi connectivity index (χ4v) is 3.30. The van der Waals surface area contributed by atoms with Crippen LogP contribution in [0.25, 0.3) is 6.08 Å². The van der Waals surface area contributed by atoms with Crippen LogP contribution in [0.1, 0.15) is 31.9 Å². The van der Waals surface area contributed by atoms with Crippen LogP contribution in [0.3, 0.4) is 0 Å². The van der Waals surface area contributed by atoms with Crippen LogP contribution in [0.15, 0.2) is 53.2 Å². The maximum Gasteiger partial charge on any atom is 0.250 e. The molecule has 0 saturated carbocycles. The number of carbonyl (C=O) groups excluding carboxylic acids is 1. The Bertz CT molecular complexity index is 769. The van der Waals surface area contributed by atoms with Gasteiger partial charge in [-0.3, -0.25) is 10.1 Å². The van der Waals surface area contributed by atoms with Crippen LogP contribution in [0.4, 0.5) is 11.4 Å². The average Bonchev–Trinajstić information content (AvgIpc) is 3.15. The van der Waals surface area contributed by atoms with Crippen molar-refractivity contribution in [1.82, 2.24) is 5.32 Å². The summed E-state index contributed by atoms with van der Waals surface area (Å²) in [6.45, 7) is 3.37. The Morgan fingerprint density at radius 3 is 2.77 bits per heavy atom. The van der Waals surface area contributed by atoms with Gasteiger partial charge in [0.1, 0.15) is 5.76 Å². The number of benzene rings is 1. The molecule has 1 saturated heterocycles. The topological polar surface area (TPSA) is 57.5 Å². The van der Waals surface area contributed by atoms with Crippen molar-refractivity contribution in [2.24, 2.45) is 0 Å². The summed E-state index contributed by atoms with van der Waals surface area (Å²) in [5, 5.41) is 5.91.